The van der Waals surface area contributed by atoms with Crippen LogP contribution in [0.4, 0.5) is 9.59 Å². The third-order valence-corrected chi connectivity index (χ3v) is 11.1. The highest BCUT2D eigenvalue weighted by atomic mass is 16.5. The molecule has 4 N–H and O–H groups in total. The number of aliphatic hydroxyl groups excluding tert-OH is 1. The number of methoxy groups -OCH3 is 1. The van der Waals surface area contributed by atoms with Gasteiger partial charge in [0, 0.05) is 56.0 Å². The number of hydrogen-bond donors (Lipinski definition) is 4. The van der Waals surface area contributed by atoms with Crippen LogP contribution < -0.4 is 16.0 Å². The first-order valence-electron chi connectivity index (χ1n) is 21.1. The minimum absolute atomic E-state index is 0.127. The summed E-state index contributed by atoms with van der Waals surface area (Å²) < 4.78 is 4.67. The average molecular weight is 834 g/mol. The number of pyridine rings is 2. The van der Waals surface area contributed by atoms with Crippen molar-refractivity contribution in [2.75, 3.05) is 33.3 Å². The Morgan fingerprint density at radius 2 is 1.61 bits per heavy atom. The van der Waals surface area contributed by atoms with Gasteiger partial charge in [-0.05, 0) is 72.4 Å². The van der Waals surface area contributed by atoms with Crippen molar-refractivity contribution >= 4 is 23.9 Å². The van der Waals surface area contributed by atoms with Gasteiger partial charge in [0.25, 0.3) is 0 Å². The SMILES string of the molecule is COC(=O)NCC(C)(C)CC(=O)NCCC(O)C(NC(=O)C(N1CCN(Cc2cccc(C)n2)C1=O)C(C)(C)C)C(Cc1ccc(-c2ccc(C)cn2)cc1)c1ccccc1. The molecule has 13 heteroatoms. The number of nitrogens with one attached hydrogen (secondary N) is 3. The first kappa shape index (κ1) is 46.2. The number of rotatable bonds is 18. The summed E-state index contributed by atoms with van der Waals surface area (Å²) in [5.41, 5.74) is 5.24. The summed E-state index contributed by atoms with van der Waals surface area (Å²) in [5, 5.41) is 21.1. The van der Waals surface area contributed by atoms with Gasteiger partial charge in [-0.2, -0.15) is 0 Å². The molecular formula is C48H63N7O6. The number of nitrogens with zero attached hydrogens (tertiary/aromatic N) is 4. The standard InChI is InChI=1S/C48H63N7O6/c1-32-17-22-39(50-29-32)36-20-18-34(19-21-36)27-38(35-14-10-9-11-15-35)42(40(56)23-24-49-41(57)28-48(6,7)31-51-45(59)61-8)53-44(58)43(47(3,4)5)55-26-25-54(46(55)60)30-37-16-12-13-33(2)52-37/h9-22,29,38,40,42-43,56H,23-28,30-31H2,1-8H3,(H,49,57)(H,51,59)(H,53,58). The number of ether oxygens (including phenoxy) is 1. The molecule has 0 radical (unpaired) electrons. The highest BCUT2D eigenvalue weighted by Gasteiger charge is 2.45. The van der Waals surface area contributed by atoms with Crippen molar-refractivity contribution in [3.63, 3.8) is 0 Å². The average Bonchev–Trinajstić information content (AvgIpc) is 3.56. The number of carbonyl (C=O) groups is 4. The second-order valence-corrected chi connectivity index (χ2v) is 18.0. The molecule has 0 spiro atoms. The van der Waals surface area contributed by atoms with E-state index in [2.05, 4.69) is 30.7 Å². The van der Waals surface area contributed by atoms with E-state index in [9.17, 15) is 24.3 Å². The molecule has 0 saturated carbocycles. The van der Waals surface area contributed by atoms with Crippen LogP contribution in [0, 0.1) is 24.7 Å². The fourth-order valence-electron chi connectivity index (χ4n) is 7.92. The Hall–Kier alpha value is -5.82. The molecule has 1 fully saturated rings. The topological polar surface area (TPSA) is 166 Å². The molecule has 1 saturated heterocycles. The Balaban J connectivity index is 1.41. The Bertz CT molecular complexity index is 2090. The predicted octanol–water partition coefficient (Wildman–Crippen LogP) is 6.56. The monoisotopic (exact) mass is 833 g/mol. The van der Waals surface area contributed by atoms with Crippen molar-refractivity contribution in [1.82, 2.24) is 35.7 Å². The summed E-state index contributed by atoms with van der Waals surface area (Å²) in [4.78, 5) is 66.2. The van der Waals surface area contributed by atoms with E-state index in [-0.39, 0.29) is 43.8 Å². The van der Waals surface area contributed by atoms with Gasteiger partial charge in [-0.1, -0.05) is 101 Å². The van der Waals surface area contributed by atoms with Gasteiger partial charge in [0.1, 0.15) is 6.04 Å². The van der Waals surface area contributed by atoms with Crippen molar-refractivity contribution in [1.29, 1.82) is 0 Å². The lowest BCUT2D eigenvalue weighted by molar-refractivity contribution is -0.130. The minimum Gasteiger partial charge on any atom is -0.453 e. The molecule has 0 aliphatic carbocycles. The second kappa shape index (κ2) is 20.6. The number of alkyl carbamates (subject to hydrolysis) is 1. The third kappa shape index (κ3) is 13.1. The maximum Gasteiger partial charge on any atom is 0.406 e. The van der Waals surface area contributed by atoms with Crippen LogP contribution in [0.1, 0.15) is 81.5 Å². The van der Waals surface area contributed by atoms with Crippen LogP contribution >= 0.6 is 0 Å². The number of hydrogen-bond acceptors (Lipinski definition) is 8. The number of carbonyl (C=O) groups excluding carboxylic acids is 4. The van der Waals surface area contributed by atoms with Crippen LogP contribution in [0.2, 0.25) is 0 Å². The summed E-state index contributed by atoms with van der Waals surface area (Å²) >= 11 is 0. The van der Waals surface area contributed by atoms with Gasteiger partial charge in [0.05, 0.1) is 37.2 Å². The zero-order chi connectivity index (χ0) is 44.3. The van der Waals surface area contributed by atoms with Crippen LogP contribution in [0.3, 0.4) is 0 Å². The van der Waals surface area contributed by atoms with E-state index < -0.39 is 41.0 Å². The van der Waals surface area contributed by atoms with E-state index in [0.717, 1.165) is 39.3 Å². The normalized spacial score (nSPS) is 15.1. The van der Waals surface area contributed by atoms with Crippen LogP contribution in [0.5, 0.6) is 0 Å². The smallest absolute Gasteiger partial charge is 0.406 e. The lowest BCUT2D eigenvalue weighted by Gasteiger charge is -2.39. The van der Waals surface area contributed by atoms with Gasteiger partial charge in [-0.15, -0.1) is 0 Å². The molecule has 2 aromatic heterocycles. The van der Waals surface area contributed by atoms with Gasteiger partial charge >= 0.3 is 12.1 Å². The van der Waals surface area contributed by atoms with Crippen molar-refractivity contribution in [3.05, 3.63) is 119 Å². The molecule has 326 valence electrons. The molecule has 2 aromatic carbocycles. The molecule has 5 rings (SSSR count). The van der Waals surface area contributed by atoms with Crippen molar-refractivity contribution < 1.29 is 29.0 Å². The molecule has 5 amide bonds. The van der Waals surface area contributed by atoms with E-state index in [1.807, 2.05) is 140 Å². The molecule has 13 nitrogen and oxygen atoms in total. The Kier molecular flexibility index (Phi) is 15.6. The highest BCUT2D eigenvalue weighted by molar-refractivity contribution is 5.89. The zero-order valence-electron chi connectivity index (χ0n) is 36.9. The highest BCUT2D eigenvalue weighted by Crippen LogP contribution is 2.32. The summed E-state index contributed by atoms with van der Waals surface area (Å²) in [6, 6.07) is 25.8. The van der Waals surface area contributed by atoms with E-state index in [1.54, 1.807) is 9.80 Å². The quantitative estimate of drug-likeness (QED) is 0.0875. The van der Waals surface area contributed by atoms with E-state index in [0.29, 0.717) is 26.1 Å². The first-order chi connectivity index (χ1) is 28.9. The molecular weight excluding hydrogens is 771 g/mol. The van der Waals surface area contributed by atoms with Gasteiger partial charge in [0.2, 0.25) is 11.8 Å². The largest absolute Gasteiger partial charge is 0.453 e. The Labute approximate surface area is 360 Å². The number of benzene rings is 2. The molecule has 1 aliphatic rings. The van der Waals surface area contributed by atoms with Crippen LogP contribution in [-0.4, -0.2) is 100 Å². The molecule has 4 atom stereocenters. The van der Waals surface area contributed by atoms with Crippen molar-refractivity contribution in [2.45, 2.75) is 98.4 Å². The predicted molar refractivity (Wildman–Crippen MR) is 236 cm³/mol. The van der Waals surface area contributed by atoms with Crippen molar-refractivity contribution in [2.24, 2.45) is 10.8 Å². The molecule has 4 aromatic rings. The van der Waals surface area contributed by atoms with E-state index >= 15 is 0 Å². The number of amides is 5. The fraction of sp³-hybridized carbons (Fsp3) is 0.458. The molecule has 3 heterocycles. The summed E-state index contributed by atoms with van der Waals surface area (Å²) in [6.07, 6.45) is 0.909. The van der Waals surface area contributed by atoms with Gasteiger partial charge in [-0.3, -0.25) is 19.6 Å². The molecule has 0 bridgehead atoms. The molecule has 61 heavy (non-hydrogen) atoms. The maximum absolute atomic E-state index is 14.9. The number of aromatic nitrogens is 2. The Morgan fingerprint density at radius 3 is 2.25 bits per heavy atom. The minimum atomic E-state index is -1.10. The molecule has 1 aliphatic heterocycles. The second-order valence-electron chi connectivity index (χ2n) is 18.0. The number of aryl methyl sites for hydroxylation is 2. The summed E-state index contributed by atoms with van der Waals surface area (Å²) in [7, 11) is 1.28. The molecule has 4 unspecified atom stereocenters. The first-order valence-corrected chi connectivity index (χ1v) is 21.1. The lowest BCUT2D eigenvalue weighted by Crippen LogP contribution is -2.59. The number of urea groups is 1. The maximum atomic E-state index is 14.9. The summed E-state index contributed by atoms with van der Waals surface area (Å²) in [5.74, 6) is -1.01. The van der Waals surface area contributed by atoms with E-state index in [4.69, 9.17) is 0 Å². The van der Waals surface area contributed by atoms with E-state index in [1.165, 1.54) is 7.11 Å². The van der Waals surface area contributed by atoms with Gasteiger partial charge in [-0.25, -0.2) is 9.59 Å². The number of aliphatic hydroxyl groups is 1. The summed E-state index contributed by atoms with van der Waals surface area (Å²) in [6.45, 7) is 15.0. The lowest BCUT2D eigenvalue weighted by atomic mass is 9.81. The van der Waals surface area contributed by atoms with Crippen LogP contribution in [0.25, 0.3) is 11.3 Å². The fourth-order valence-corrected chi connectivity index (χ4v) is 7.92. The zero-order valence-corrected chi connectivity index (χ0v) is 36.9. The Morgan fingerprint density at radius 1 is 0.885 bits per heavy atom. The van der Waals surface area contributed by atoms with Gasteiger partial charge in [0.15, 0.2) is 0 Å². The van der Waals surface area contributed by atoms with Crippen LogP contribution in [-0.2, 0) is 27.3 Å². The van der Waals surface area contributed by atoms with Gasteiger partial charge < -0.3 is 35.6 Å². The van der Waals surface area contributed by atoms with Crippen LogP contribution in [0.15, 0.2) is 91.1 Å². The van der Waals surface area contributed by atoms with Crippen molar-refractivity contribution in [3.8, 4) is 11.3 Å². The third-order valence-electron chi connectivity index (χ3n) is 11.1.